The van der Waals surface area contributed by atoms with Crippen molar-refractivity contribution in [2.75, 3.05) is 0 Å². The number of rotatable bonds is 12. The summed E-state index contributed by atoms with van der Waals surface area (Å²) in [5, 5.41) is 15.5. The highest BCUT2D eigenvalue weighted by atomic mass is 32.2. The number of benzene rings is 3. The van der Waals surface area contributed by atoms with Crippen molar-refractivity contribution in [1.82, 2.24) is 14.7 Å². The summed E-state index contributed by atoms with van der Waals surface area (Å²) in [4.78, 5) is 23.6. The van der Waals surface area contributed by atoms with Crippen molar-refractivity contribution in [1.29, 1.82) is 0 Å². The fourth-order valence-corrected chi connectivity index (χ4v) is 6.13. The molecular formula is C33H34F3N5O6S. The molecule has 0 aliphatic rings. The first kappa shape index (κ1) is 35.8. The molecule has 0 saturated heterocycles. The predicted molar refractivity (Wildman–Crippen MR) is 174 cm³/mol. The zero-order valence-electron chi connectivity index (χ0n) is 26.7. The van der Waals surface area contributed by atoms with Crippen molar-refractivity contribution >= 4 is 27.8 Å². The van der Waals surface area contributed by atoms with Crippen LogP contribution in [0.4, 0.5) is 18.9 Å². The maximum absolute atomic E-state index is 13.0. The number of nitro benzene ring substituents is 1. The minimum Gasteiger partial charge on any atom is -0.450 e. The molecule has 4 aromatic rings. The van der Waals surface area contributed by atoms with E-state index in [0.29, 0.717) is 23.4 Å². The molecule has 0 unspecified atom stereocenters. The molecule has 1 amide bonds. The van der Waals surface area contributed by atoms with E-state index in [4.69, 9.17) is 4.74 Å². The van der Waals surface area contributed by atoms with E-state index in [1.54, 1.807) is 24.3 Å². The van der Waals surface area contributed by atoms with Crippen molar-refractivity contribution in [3.05, 3.63) is 111 Å². The first-order valence-electron chi connectivity index (χ1n) is 14.7. The van der Waals surface area contributed by atoms with Gasteiger partial charge in [-0.15, -0.1) is 0 Å². The molecule has 0 radical (unpaired) electrons. The van der Waals surface area contributed by atoms with Crippen LogP contribution in [0.2, 0.25) is 0 Å². The highest BCUT2D eigenvalue weighted by Crippen LogP contribution is 2.38. The second-order valence-corrected chi connectivity index (χ2v) is 13.3. The van der Waals surface area contributed by atoms with Crippen molar-refractivity contribution in [2.45, 2.75) is 58.2 Å². The first-order chi connectivity index (χ1) is 22.5. The standard InChI is InChI=1S/C33H34F3N5O6S/c1-20(2)16-29(39-48(45,46)28-13-6-21(3)7-14-28)32(42)38-37-19-24-17-22(4)40(23(24)5)26-9-11-27(12-10-26)47-31-15-8-25(33(34,35)36)18-30(31)41(43)44/h6-15,17-20,29,39H,16H2,1-5H3,(H,38,42)/b37-19-/t29-/m1/s1. The Morgan fingerprint density at radius 2 is 1.67 bits per heavy atom. The van der Waals surface area contributed by atoms with Crippen molar-refractivity contribution in [3.63, 3.8) is 0 Å². The van der Waals surface area contributed by atoms with Crippen LogP contribution in [0.1, 0.15) is 48.3 Å². The maximum atomic E-state index is 13.0. The summed E-state index contributed by atoms with van der Waals surface area (Å²) in [6.07, 6.45) is -3.06. The summed E-state index contributed by atoms with van der Waals surface area (Å²) in [7, 11) is -3.96. The Bertz CT molecular complexity index is 1940. The van der Waals surface area contributed by atoms with Gasteiger partial charge >= 0.3 is 11.9 Å². The highest BCUT2D eigenvalue weighted by Gasteiger charge is 2.33. The molecule has 0 aliphatic heterocycles. The lowest BCUT2D eigenvalue weighted by Crippen LogP contribution is -2.46. The number of aromatic nitrogens is 1. The largest absolute Gasteiger partial charge is 0.450 e. The van der Waals surface area contributed by atoms with Gasteiger partial charge in [-0.25, -0.2) is 13.8 Å². The first-order valence-corrected chi connectivity index (χ1v) is 16.2. The number of carbonyl (C=O) groups is 1. The molecule has 1 heterocycles. The average molecular weight is 686 g/mol. The van der Waals surface area contributed by atoms with Crippen molar-refractivity contribution < 1.29 is 36.0 Å². The number of alkyl halides is 3. The molecule has 3 aromatic carbocycles. The third-order valence-electron chi connectivity index (χ3n) is 7.31. The Balaban J connectivity index is 1.48. The number of halogens is 3. The number of nitrogens with one attached hydrogen (secondary N) is 2. The van der Waals surface area contributed by atoms with Gasteiger partial charge in [0.15, 0.2) is 0 Å². The van der Waals surface area contributed by atoms with Crippen LogP contribution in [0.15, 0.2) is 82.8 Å². The SMILES string of the molecule is Cc1ccc(S(=O)(=O)N[C@H](CC(C)C)C(=O)N/N=C\c2cc(C)n(-c3ccc(Oc4ccc(C(F)(F)F)cc4[N+](=O)[O-])cc3)c2C)cc1. The van der Waals surface area contributed by atoms with Crippen LogP contribution in [0.3, 0.4) is 0 Å². The molecule has 0 aliphatic carbocycles. The van der Waals surface area contributed by atoms with E-state index in [9.17, 15) is 36.5 Å². The molecule has 0 spiro atoms. The Morgan fingerprint density at radius 3 is 2.25 bits per heavy atom. The lowest BCUT2D eigenvalue weighted by Gasteiger charge is -2.19. The topological polar surface area (TPSA) is 145 Å². The van der Waals surface area contributed by atoms with Gasteiger partial charge in [0.05, 0.1) is 21.6 Å². The number of amides is 1. The summed E-state index contributed by atoms with van der Waals surface area (Å²) in [6.45, 7) is 9.25. The van der Waals surface area contributed by atoms with Crippen LogP contribution >= 0.6 is 0 Å². The summed E-state index contributed by atoms with van der Waals surface area (Å²) in [5.74, 6) is -0.782. The lowest BCUT2D eigenvalue weighted by molar-refractivity contribution is -0.385. The lowest BCUT2D eigenvalue weighted by atomic mass is 10.0. The molecule has 0 bridgehead atoms. The number of sulfonamides is 1. The van der Waals surface area contributed by atoms with Crippen LogP contribution in [0, 0.1) is 36.8 Å². The van der Waals surface area contributed by atoms with Crippen LogP contribution in [-0.4, -0.2) is 36.1 Å². The number of hydrogen-bond donors (Lipinski definition) is 2. The zero-order chi connectivity index (χ0) is 35.4. The number of ether oxygens (including phenoxy) is 1. The van der Waals surface area contributed by atoms with Crippen molar-refractivity contribution in [2.24, 2.45) is 11.0 Å². The van der Waals surface area contributed by atoms with E-state index >= 15 is 0 Å². The molecule has 0 fully saturated rings. The Morgan fingerprint density at radius 1 is 1.02 bits per heavy atom. The average Bonchev–Trinajstić information content (AvgIpc) is 3.28. The molecule has 15 heteroatoms. The van der Waals surface area contributed by atoms with Crippen LogP contribution in [0.25, 0.3) is 5.69 Å². The maximum Gasteiger partial charge on any atom is 0.416 e. The summed E-state index contributed by atoms with van der Waals surface area (Å²) < 4.78 is 74.9. The van der Waals surface area contributed by atoms with Gasteiger partial charge in [-0.3, -0.25) is 14.9 Å². The second-order valence-electron chi connectivity index (χ2n) is 11.5. The monoisotopic (exact) mass is 685 g/mol. The van der Waals surface area contributed by atoms with Gasteiger partial charge in [0, 0.05) is 28.7 Å². The summed E-state index contributed by atoms with van der Waals surface area (Å²) in [6, 6.07) is 15.5. The van der Waals surface area contributed by atoms with E-state index in [-0.39, 0.29) is 28.7 Å². The third kappa shape index (κ3) is 8.66. The Hall–Kier alpha value is -5.02. The fourth-order valence-electron chi connectivity index (χ4n) is 4.92. The van der Waals surface area contributed by atoms with E-state index in [1.165, 1.54) is 30.5 Å². The van der Waals surface area contributed by atoms with Gasteiger partial charge in [-0.1, -0.05) is 31.5 Å². The highest BCUT2D eigenvalue weighted by molar-refractivity contribution is 7.89. The quantitative estimate of drug-likeness (QED) is 0.0937. The van der Waals surface area contributed by atoms with Gasteiger partial charge in [0.1, 0.15) is 11.8 Å². The Labute approximate surface area is 275 Å². The number of hydrazone groups is 1. The molecule has 1 atom stereocenters. The molecule has 254 valence electrons. The molecule has 0 saturated carbocycles. The zero-order valence-corrected chi connectivity index (χ0v) is 27.5. The molecule has 4 rings (SSSR count). The Kier molecular flexibility index (Phi) is 10.7. The van der Waals surface area contributed by atoms with Gasteiger partial charge in [0.2, 0.25) is 15.8 Å². The van der Waals surface area contributed by atoms with Crippen LogP contribution < -0.4 is 14.9 Å². The minimum absolute atomic E-state index is 0.00575. The number of carbonyl (C=O) groups excluding carboxylic acids is 1. The molecule has 11 nitrogen and oxygen atoms in total. The minimum atomic E-state index is -4.74. The molecular weight excluding hydrogens is 651 g/mol. The smallest absolute Gasteiger partial charge is 0.416 e. The second kappa shape index (κ2) is 14.4. The van der Waals surface area contributed by atoms with E-state index < -0.39 is 44.3 Å². The normalized spacial score (nSPS) is 12.8. The fraction of sp³-hybridized carbons (Fsp3) is 0.273. The van der Waals surface area contributed by atoms with E-state index in [0.717, 1.165) is 23.0 Å². The van der Waals surface area contributed by atoms with Crippen LogP contribution in [0.5, 0.6) is 11.5 Å². The number of aryl methyl sites for hydroxylation is 2. The van der Waals surface area contributed by atoms with Crippen molar-refractivity contribution in [3.8, 4) is 17.2 Å². The number of hydrogen-bond acceptors (Lipinski definition) is 7. The number of nitrogens with zero attached hydrogens (tertiary/aromatic N) is 3. The van der Waals surface area contributed by atoms with Gasteiger partial charge in [-0.05, 0) is 87.7 Å². The third-order valence-corrected chi connectivity index (χ3v) is 8.79. The van der Waals surface area contributed by atoms with E-state index in [2.05, 4.69) is 15.2 Å². The van der Waals surface area contributed by atoms with Gasteiger partial charge in [0.25, 0.3) is 5.91 Å². The summed E-state index contributed by atoms with van der Waals surface area (Å²) in [5.41, 5.74) is 4.25. The van der Waals surface area contributed by atoms with Crippen LogP contribution in [-0.2, 0) is 21.0 Å². The predicted octanol–water partition coefficient (Wildman–Crippen LogP) is 6.97. The molecule has 48 heavy (non-hydrogen) atoms. The molecule has 2 N–H and O–H groups in total. The van der Waals surface area contributed by atoms with E-state index in [1.807, 2.05) is 45.3 Å². The van der Waals surface area contributed by atoms with Gasteiger partial charge in [-0.2, -0.15) is 23.0 Å². The summed E-state index contributed by atoms with van der Waals surface area (Å²) >= 11 is 0. The van der Waals surface area contributed by atoms with Gasteiger partial charge < -0.3 is 9.30 Å². The molecule has 1 aromatic heterocycles. The number of nitro groups is 1.